The van der Waals surface area contributed by atoms with Crippen molar-refractivity contribution in [2.75, 3.05) is 33.9 Å². The second-order valence-electron chi connectivity index (χ2n) is 5.30. The number of carbonyl (C=O) groups is 1. The van der Waals surface area contributed by atoms with Gasteiger partial charge in [-0.25, -0.2) is 14.2 Å². The number of hydrogen-bond acceptors (Lipinski definition) is 6. The maximum Gasteiger partial charge on any atom is 0.404 e. The van der Waals surface area contributed by atoms with Gasteiger partial charge < -0.3 is 25.2 Å². The average Bonchev–Trinajstić information content (AvgIpc) is 2.61. The summed E-state index contributed by atoms with van der Waals surface area (Å²) >= 11 is 0. The van der Waals surface area contributed by atoms with Crippen LogP contribution in [0.4, 0.5) is 9.18 Å². The summed E-state index contributed by atoms with van der Waals surface area (Å²) in [6.45, 7) is 1.07. The SMILES string of the molecule is COc1ccc2ncc(F)c(CCNCC(CNC(=O)O)OC)c2n1. The van der Waals surface area contributed by atoms with Gasteiger partial charge >= 0.3 is 6.09 Å². The molecule has 0 aliphatic rings. The topological polar surface area (TPSA) is 106 Å². The van der Waals surface area contributed by atoms with Gasteiger partial charge in [-0.2, -0.15) is 0 Å². The maximum atomic E-state index is 14.1. The third-order valence-corrected chi connectivity index (χ3v) is 3.69. The molecule has 0 aliphatic carbocycles. The maximum absolute atomic E-state index is 14.1. The monoisotopic (exact) mass is 352 g/mol. The number of rotatable bonds is 9. The molecule has 0 aromatic carbocycles. The first-order valence-corrected chi connectivity index (χ1v) is 7.73. The van der Waals surface area contributed by atoms with Crippen molar-refractivity contribution in [3.05, 3.63) is 29.7 Å². The van der Waals surface area contributed by atoms with Gasteiger partial charge in [0.15, 0.2) is 0 Å². The lowest BCUT2D eigenvalue weighted by Crippen LogP contribution is -2.39. The van der Waals surface area contributed by atoms with Crippen molar-refractivity contribution in [2.45, 2.75) is 12.5 Å². The van der Waals surface area contributed by atoms with Crippen LogP contribution in [0.15, 0.2) is 18.3 Å². The molecule has 0 fully saturated rings. The Bertz CT molecular complexity index is 729. The number of hydrogen-bond donors (Lipinski definition) is 3. The second kappa shape index (κ2) is 9.09. The highest BCUT2D eigenvalue weighted by molar-refractivity contribution is 5.78. The number of aromatic nitrogens is 2. The van der Waals surface area contributed by atoms with Crippen molar-refractivity contribution < 1.29 is 23.8 Å². The first-order chi connectivity index (χ1) is 12.0. The van der Waals surface area contributed by atoms with Gasteiger partial charge in [-0.05, 0) is 19.0 Å². The number of pyridine rings is 2. The van der Waals surface area contributed by atoms with E-state index in [1.54, 1.807) is 12.1 Å². The Morgan fingerprint density at radius 2 is 2.16 bits per heavy atom. The van der Waals surface area contributed by atoms with E-state index in [-0.39, 0.29) is 12.6 Å². The molecule has 25 heavy (non-hydrogen) atoms. The van der Waals surface area contributed by atoms with Crippen molar-refractivity contribution in [1.82, 2.24) is 20.6 Å². The minimum absolute atomic E-state index is 0.171. The van der Waals surface area contributed by atoms with Gasteiger partial charge in [0.2, 0.25) is 5.88 Å². The van der Waals surface area contributed by atoms with Gasteiger partial charge in [0, 0.05) is 31.8 Å². The van der Waals surface area contributed by atoms with Gasteiger partial charge in [0.25, 0.3) is 0 Å². The summed E-state index contributed by atoms with van der Waals surface area (Å²) in [7, 11) is 3.00. The first kappa shape index (κ1) is 18.8. The van der Waals surface area contributed by atoms with E-state index in [1.807, 2.05) is 0 Å². The van der Waals surface area contributed by atoms with Crippen LogP contribution >= 0.6 is 0 Å². The largest absolute Gasteiger partial charge is 0.481 e. The molecule has 2 rings (SSSR count). The van der Waals surface area contributed by atoms with E-state index < -0.39 is 11.9 Å². The van der Waals surface area contributed by atoms with Crippen LogP contribution in [0.5, 0.6) is 5.88 Å². The zero-order chi connectivity index (χ0) is 18.2. The fourth-order valence-electron chi connectivity index (χ4n) is 2.35. The van der Waals surface area contributed by atoms with Gasteiger partial charge in [-0.15, -0.1) is 0 Å². The Kier molecular flexibility index (Phi) is 6.84. The summed E-state index contributed by atoms with van der Waals surface area (Å²) in [5.41, 5.74) is 1.52. The number of halogens is 1. The van der Waals surface area contributed by atoms with Crippen molar-refractivity contribution in [3.63, 3.8) is 0 Å². The lowest BCUT2D eigenvalue weighted by Gasteiger charge is -2.16. The zero-order valence-electron chi connectivity index (χ0n) is 14.1. The Hall–Kier alpha value is -2.52. The van der Waals surface area contributed by atoms with Gasteiger partial charge in [0.1, 0.15) is 5.82 Å². The van der Waals surface area contributed by atoms with Gasteiger partial charge in [0.05, 0.1) is 30.4 Å². The molecule has 0 bridgehead atoms. The van der Waals surface area contributed by atoms with Crippen LogP contribution in [0.1, 0.15) is 5.56 Å². The Morgan fingerprint density at radius 3 is 2.84 bits per heavy atom. The number of methoxy groups -OCH3 is 2. The van der Waals surface area contributed by atoms with Crippen LogP contribution in [-0.2, 0) is 11.2 Å². The molecule has 2 aromatic rings. The van der Waals surface area contributed by atoms with E-state index in [4.69, 9.17) is 14.6 Å². The Balaban J connectivity index is 1.98. The number of amides is 1. The smallest absolute Gasteiger partial charge is 0.404 e. The van der Waals surface area contributed by atoms with Crippen LogP contribution < -0.4 is 15.4 Å². The molecular weight excluding hydrogens is 331 g/mol. The third-order valence-electron chi connectivity index (χ3n) is 3.69. The molecule has 2 heterocycles. The quantitative estimate of drug-likeness (QED) is 0.582. The molecule has 2 aromatic heterocycles. The fourth-order valence-corrected chi connectivity index (χ4v) is 2.35. The summed E-state index contributed by atoms with van der Waals surface area (Å²) in [5, 5.41) is 14.0. The predicted octanol–water partition coefficient (Wildman–Crippen LogP) is 1.19. The van der Waals surface area contributed by atoms with Crippen LogP contribution in [0.3, 0.4) is 0 Å². The molecule has 0 spiro atoms. The van der Waals surface area contributed by atoms with Crippen LogP contribution in [-0.4, -0.2) is 61.1 Å². The lowest BCUT2D eigenvalue weighted by atomic mass is 10.1. The molecule has 8 nitrogen and oxygen atoms in total. The number of ether oxygens (including phenoxy) is 2. The first-order valence-electron chi connectivity index (χ1n) is 7.73. The normalized spacial score (nSPS) is 12.1. The minimum atomic E-state index is -1.10. The van der Waals surface area contributed by atoms with Crippen molar-refractivity contribution in [1.29, 1.82) is 0 Å². The highest BCUT2D eigenvalue weighted by Gasteiger charge is 2.12. The Morgan fingerprint density at radius 1 is 1.36 bits per heavy atom. The molecular formula is C16H21FN4O4. The molecule has 0 saturated carbocycles. The minimum Gasteiger partial charge on any atom is -0.481 e. The van der Waals surface area contributed by atoms with E-state index in [2.05, 4.69) is 20.6 Å². The van der Waals surface area contributed by atoms with E-state index in [9.17, 15) is 9.18 Å². The molecule has 9 heteroatoms. The molecule has 1 unspecified atom stereocenters. The van der Waals surface area contributed by atoms with Crippen LogP contribution in [0.2, 0.25) is 0 Å². The average molecular weight is 352 g/mol. The van der Waals surface area contributed by atoms with Gasteiger partial charge in [-0.3, -0.25) is 4.98 Å². The number of nitrogens with one attached hydrogen (secondary N) is 2. The summed E-state index contributed by atoms with van der Waals surface area (Å²) < 4.78 is 24.4. The van der Waals surface area contributed by atoms with Crippen LogP contribution in [0, 0.1) is 5.82 Å². The highest BCUT2D eigenvalue weighted by atomic mass is 19.1. The van der Waals surface area contributed by atoms with Crippen molar-refractivity contribution in [3.8, 4) is 5.88 Å². The van der Waals surface area contributed by atoms with E-state index in [0.29, 0.717) is 42.0 Å². The summed E-state index contributed by atoms with van der Waals surface area (Å²) in [6, 6.07) is 3.41. The number of fused-ring (bicyclic) bond motifs is 1. The molecule has 0 aliphatic heterocycles. The van der Waals surface area contributed by atoms with E-state index in [0.717, 1.165) is 0 Å². The molecule has 1 amide bonds. The molecule has 1 atom stereocenters. The summed E-state index contributed by atoms with van der Waals surface area (Å²) in [6.07, 6.45) is 0.162. The number of carboxylic acid groups (broad SMARTS) is 1. The summed E-state index contributed by atoms with van der Waals surface area (Å²) in [5.74, 6) is -0.0285. The van der Waals surface area contributed by atoms with E-state index >= 15 is 0 Å². The fraction of sp³-hybridized carbons (Fsp3) is 0.438. The zero-order valence-corrected chi connectivity index (χ0v) is 14.1. The molecule has 136 valence electrons. The molecule has 3 N–H and O–H groups in total. The third kappa shape index (κ3) is 5.23. The van der Waals surface area contributed by atoms with Crippen LogP contribution in [0.25, 0.3) is 11.0 Å². The summed E-state index contributed by atoms with van der Waals surface area (Å²) in [4.78, 5) is 18.8. The standard InChI is InChI=1S/C16H21FN4O4/c1-24-10(8-20-16(22)23)7-18-6-5-11-12(17)9-19-13-3-4-14(25-2)21-15(11)13/h3-4,9-10,18,20H,5-8H2,1-2H3,(H,22,23). The molecule has 0 saturated heterocycles. The number of nitrogens with zero attached hydrogens (tertiary/aromatic N) is 2. The van der Waals surface area contributed by atoms with Gasteiger partial charge in [-0.1, -0.05) is 0 Å². The highest BCUT2D eigenvalue weighted by Crippen LogP contribution is 2.21. The predicted molar refractivity (Wildman–Crippen MR) is 89.4 cm³/mol. The van der Waals surface area contributed by atoms with E-state index in [1.165, 1.54) is 20.4 Å². The molecule has 0 radical (unpaired) electrons. The lowest BCUT2D eigenvalue weighted by molar-refractivity contribution is 0.0992. The van der Waals surface area contributed by atoms with Crippen molar-refractivity contribution in [2.24, 2.45) is 0 Å². The second-order valence-corrected chi connectivity index (χ2v) is 5.30. The van der Waals surface area contributed by atoms with Crippen molar-refractivity contribution >= 4 is 17.1 Å². The Labute approximate surface area is 144 Å².